The molecule has 2 aromatic rings. The van der Waals surface area contributed by atoms with Crippen molar-refractivity contribution in [3.05, 3.63) is 52.3 Å². The Morgan fingerprint density at radius 1 is 1.29 bits per heavy atom. The van der Waals surface area contributed by atoms with Crippen LogP contribution in [0.4, 0.5) is 5.69 Å². The van der Waals surface area contributed by atoms with Gasteiger partial charge >= 0.3 is 0 Å². The summed E-state index contributed by atoms with van der Waals surface area (Å²) < 4.78 is 5.41. The normalized spacial score (nSPS) is 20.1. The first-order valence-electron chi connectivity index (χ1n) is 6.59. The van der Waals surface area contributed by atoms with Crippen molar-refractivity contribution in [3.63, 3.8) is 0 Å². The minimum atomic E-state index is -0.869. The number of rotatable bonds is 2. The maximum atomic E-state index is 12.6. The van der Waals surface area contributed by atoms with E-state index in [1.54, 1.807) is 31.5 Å². The molecule has 108 valence electrons. The summed E-state index contributed by atoms with van der Waals surface area (Å²) in [5.41, 5.74) is 2.35. The molecule has 0 aliphatic carbocycles. The summed E-state index contributed by atoms with van der Waals surface area (Å²) in [5.74, 6) is 0.524. The van der Waals surface area contributed by atoms with Gasteiger partial charge in [-0.15, -0.1) is 0 Å². The Labute approximate surface area is 128 Å². The zero-order valence-electron chi connectivity index (χ0n) is 12.0. The fourth-order valence-electron chi connectivity index (χ4n) is 2.77. The number of benzene rings is 1. The van der Waals surface area contributed by atoms with Gasteiger partial charge < -0.3 is 10.1 Å². The van der Waals surface area contributed by atoms with Crippen molar-refractivity contribution >= 4 is 23.2 Å². The first-order chi connectivity index (χ1) is 9.96. The SMILES string of the molecule is COc1ccc(Cl)cc1C1(C)C(=O)Nc2cc(C)ncc21. The molecular weight excluding hydrogens is 288 g/mol. The number of hydrogen-bond acceptors (Lipinski definition) is 3. The maximum absolute atomic E-state index is 12.6. The van der Waals surface area contributed by atoms with Crippen molar-refractivity contribution in [1.29, 1.82) is 0 Å². The van der Waals surface area contributed by atoms with Crippen LogP contribution in [0, 0.1) is 6.92 Å². The molecule has 1 amide bonds. The number of nitrogens with one attached hydrogen (secondary N) is 1. The Morgan fingerprint density at radius 3 is 2.76 bits per heavy atom. The van der Waals surface area contributed by atoms with Crippen molar-refractivity contribution in [2.45, 2.75) is 19.3 Å². The number of anilines is 1. The lowest BCUT2D eigenvalue weighted by molar-refractivity contribution is -0.119. The number of amides is 1. The predicted octanol–water partition coefficient (Wildman–Crippen LogP) is 3.31. The van der Waals surface area contributed by atoms with E-state index < -0.39 is 5.41 Å². The van der Waals surface area contributed by atoms with Gasteiger partial charge in [-0.3, -0.25) is 9.78 Å². The first kappa shape index (κ1) is 13.9. The molecule has 3 rings (SSSR count). The fraction of sp³-hybridized carbons (Fsp3) is 0.250. The highest BCUT2D eigenvalue weighted by Crippen LogP contribution is 2.46. The monoisotopic (exact) mass is 302 g/mol. The summed E-state index contributed by atoms with van der Waals surface area (Å²) in [6.07, 6.45) is 1.74. The summed E-state index contributed by atoms with van der Waals surface area (Å²) in [6, 6.07) is 7.16. The number of halogens is 1. The van der Waals surface area contributed by atoms with Crippen LogP contribution in [0.25, 0.3) is 0 Å². The molecule has 2 heterocycles. The van der Waals surface area contributed by atoms with Crippen LogP contribution in [0.3, 0.4) is 0 Å². The van der Waals surface area contributed by atoms with Gasteiger partial charge in [0.05, 0.1) is 7.11 Å². The molecule has 1 unspecified atom stereocenters. The van der Waals surface area contributed by atoms with E-state index in [0.29, 0.717) is 10.8 Å². The highest BCUT2D eigenvalue weighted by Gasteiger charge is 2.46. The lowest BCUT2D eigenvalue weighted by Crippen LogP contribution is -2.32. The van der Waals surface area contributed by atoms with Gasteiger partial charge in [0.1, 0.15) is 11.2 Å². The molecule has 0 fully saturated rings. The number of aromatic nitrogens is 1. The number of aryl methyl sites for hydroxylation is 1. The lowest BCUT2D eigenvalue weighted by Gasteiger charge is -2.25. The second kappa shape index (κ2) is 4.74. The molecule has 0 radical (unpaired) electrons. The van der Waals surface area contributed by atoms with E-state index in [2.05, 4.69) is 10.3 Å². The van der Waals surface area contributed by atoms with Crippen molar-refractivity contribution < 1.29 is 9.53 Å². The molecule has 4 nitrogen and oxygen atoms in total. The molecule has 1 aromatic carbocycles. The Balaban J connectivity index is 2.27. The van der Waals surface area contributed by atoms with Gasteiger partial charge in [0.15, 0.2) is 0 Å². The molecule has 1 atom stereocenters. The third-order valence-electron chi connectivity index (χ3n) is 3.98. The summed E-state index contributed by atoms with van der Waals surface area (Å²) in [7, 11) is 1.58. The average Bonchev–Trinajstić information content (AvgIpc) is 2.70. The topological polar surface area (TPSA) is 51.2 Å². The van der Waals surface area contributed by atoms with Gasteiger partial charge in [-0.05, 0) is 38.1 Å². The molecule has 0 saturated carbocycles. The summed E-state index contributed by atoms with van der Waals surface area (Å²) in [4.78, 5) is 16.9. The molecule has 5 heteroatoms. The smallest absolute Gasteiger partial charge is 0.239 e. The molecule has 1 aliphatic heterocycles. The standard InChI is InChI=1S/C16H15ClN2O2/c1-9-6-13-12(8-18-9)16(2,15(20)19-13)11-7-10(17)4-5-14(11)21-3/h4-8H,1-3H3,(H,19,20). The van der Waals surface area contributed by atoms with Crippen molar-refractivity contribution in [3.8, 4) is 5.75 Å². The highest BCUT2D eigenvalue weighted by molar-refractivity contribution is 6.30. The van der Waals surface area contributed by atoms with E-state index in [9.17, 15) is 4.79 Å². The van der Waals surface area contributed by atoms with E-state index >= 15 is 0 Å². The third kappa shape index (κ3) is 1.98. The second-order valence-electron chi connectivity index (χ2n) is 5.29. The van der Waals surface area contributed by atoms with Crippen LogP contribution < -0.4 is 10.1 Å². The van der Waals surface area contributed by atoms with Crippen LogP contribution in [-0.4, -0.2) is 18.0 Å². The lowest BCUT2D eigenvalue weighted by atomic mass is 9.77. The molecule has 1 N–H and O–H groups in total. The summed E-state index contributed by atoms with van der Waals surface area (Å²) in [5, 5.41) is 3.48. The summed E-state index contributed by atoms with van der Waals surface area (Å²) in [6.45, 7) is 3.75. The molecular formula is C16H15ClN2O2. The van der Waals surface area contributed by atoms with Crippen LogP contribution in [0.15, 0.2) is 30.5 Å². The number of carbonyl (C=O) groups is 1. The summed E-state index contributed by atoms with van der Waals surface area (Å²) >= 11 is 6.11. The zero-order chi connectivity index (χ0) is 15.2. The Bertz CT molecular complexity index is 745. The molecule has 0 bridgehead atoms. The quantitative estimate of drug-likeness (QED) is 0.926. The van der Waals surface area contributed by atoms with Gasteiger partial charge in [-0.2, -0.15) is 0 Å². The molecule has 0 spiro atoms. The second-order valence-corrected chi connectivity index (χ2v) is 5.73. The Morgan fingerprint density at radius 2 is 2.05 bits per heavy atom. The van der Waals surface area contributed by atoms with Gasteiger partial charge in [0.2, 0.25) is 5.91 Å². The fourth-order valence-corrected chi connectivity index (χ4v) is 2.94. The number of methoxy groups -OCH3 is 1. The van der Waals surface area contributed by atoms with Crippen LogP contribution in [0.1, 0.15) is 23.7 Å². The van der Waals surface area contributed by atoms with Crippen molar-refractivity contribution in [2.75, 3.05) is 12.4 Å². The number of nitrogens with zero attached hydrogens (tertiary/aromatic N) is 1. The van der Waals surface area contributed by atoms with Gasteiger partial charge in [-0.1, -0.05) is 11.6 Å². The average molecular weight is 303 g/mol. The van der Waals surface area contributed by atoms with E-state index in [1.165, 1.54) is 0 Å². The van der Waals surface area contributed by atoms with Gasteiger partial charge in [0.25, 0.3) is 0 Å². The molecule has 21 heavy (non-hydrogen) atoms. The van der Waals surface area contributed by atoms with Crippen LogP contribution >= 0.6 is 11.6 Å². The predicted molar refractivity (Wildman–Crippen MR) is 82.1 cm³/mol. The number of carbonyl (C=O) groups excluding carboxylic acids is 1. The Kier molecular flexibility index (Phi) is 3.14. The van der Waals surface area contributed by atoms with E-state index in [-0.39, 0.29) is 5.91 Å². The maximum Gasteiger partial charge on any atom is 0.239 e. The zero-order valence-corrected chi connectivity index (χ0v) is 12.8. The Hall–Kier alpha value is -2.07. The van der Waals surface area contributed by atoms with Crippen LogP contribution in [0.5, 0.6) is 5.75 Å². The number of pyridine rings is 1. The number of ether oxygens (including phenoxy) is 1. The van der Waals surface area contributed by atoms with E-state index in [4.69, 9.17) is 16.3 Å². The van der Waals surface area contributed by atoms with E-state index in [0.717, 1.165) is 22.5 Å². The third-order valence-corrected chi connectivity index (χ3v) is 4.22. The van der Waals surface area contributed by atoms with Crippen molar-refractivity contribution in [1.82, 2.24) is 4.98 Å². The largest absolute Gasteiger partial charge is 0.496 e. The highest BCUT2D eigenvalue weighted by atomic mass is 35.5. The first-order valence-corrected chi connectivity index (χ1v) is 6.97. The van der Waals surface area contributed by atoms with Crippen LogP contribution in [0.2, 0.25) is 5.02 Å². The van der Waals surface area contributed by atoms with Gasteiger partial charge in [0, 0.05) is 33.7 Å². The van der Waals surface area contributed by atoms with Crippen molar-refractivity contribution in [2.24, 2.45) is 0 Å². The molecule has 1 aromatic heterocycles. The van der Waals surface area contributed by atoms with E-state index in [1.807, 2.05) is 19.9 Å². The minimum Gasteiger partial charge on any atom is -0.496 e. The van der Waals surface area contributed by atoms with Gasteiger partial charge in [-0.25, -0.2) is 0 Å². The van der Waals surface area contributed by atoms with Crippen LogP contribution in [-0.2, 0) is 10.2 Å². The number of fused-ring (bicyclic) bond motifs is 1. The number of hydrogen-bond donors (Lipinski definition) is 1. The molecule has 1 aliphatic rings. The molecule has 0 saturated heterocycles. The minimum absolute atomic E-state index is 0.106.